The lowest BCUT2D eigenvalue weighted by atomic mass is 10.1. The lowest BCUT2D eigenvalue weighted by molar-refractivity contribution is -0.149. The van der Waals surface area contributed by atoms with E-state index in [1.807, 2.05) is 0 Å². The Morgan fingerprint density at radius 3 is 2.03 bits per heavy atom. The minimum atomic E-state index is -0.703. The van der Waals surface area contributed by atoms with Gasteiger partial charge in [-0.3, -0.25) is 14.4 Å². The zero-order chi connectivity index (χ0) is 22.1. The number of amides is 2. The van der Waals surface area contributed by atoms with E-state index in [0.29, 0.717) is 29.0 Å². The van der Waals surface area contributed by atoms with Gasteiger partial charge in [0.25, 0.3) is 11.8 Å². The van der Waals surface area contributed by atoms with E-state index in [1.54, 1.807) is 69.6 Å². The minimum Gasteiger partial charge on any atom is -0.482 e. The number of esters is 1. The van der Waals surface area contributed by atoms with E-state index >= 15 is 0 Å². The van der Waals surface area contributed by atoms with Crippen LogP contribution in [0, 0.1) is 0 Å². The van der Waals surface area contributed by atoms with Crippen LogP contribution in [0.2, 0.25) is 0 Å². The Balaban J connectivity index is 1.74. The Morgan fingerprint density at radius 2 is 1.47 bits per heavy atom. The molecule has 2 rings (SSSR count). The predicted octanol–water partition coefficient (Wildman–Crippen LogP) is 2.54. The van der Waals surface area contributed by atoms with Crippen molar-refractivity contribution in [1.29, 1.82) is 0 Å². The maximum absolute atomic E-state index is 11.9. The summed E-state index contributed by atoms with van der Waals surface area (Å²) in [6.07, 6.45) is 0.410. The average molecular weight is 412 g/mol. The SMILES string of the molecule is CCC(=O)c1ccc(OCC(=O)OCC(=O)Nc2ccc(C(=O)N(C)C)cc2)cc1. The molecule has 0 bridgehead atoms. The third-order valence-corrected chi connectivity index (χ3v) is 4.04. The van der Waals surface area contributed by atoms with Gasteiger partial charge in [-0.25, -0.2) is 4.79 Å². The summed E-state index contributed by atoms with van der Waals surface area (Å²) in [5.41, 5.74) is 1.54. The molecular weight excluding hydrogens is 388 g/mol. The van der Waals surface area contributed by atoms with Gasteiger partial charge in [-0.15, -0.1) is 0 Å². The number of hydrogen-bond donors (Lipinski definition) is 1. The first-order chi connectivity index (χ1) is 14.3. The molecule has 0 aromatic heterocycles. The van der Waals surface area contributed by atoms with Gasteiger partial charge < -0.3 is 19.7 Å². The number of rotatable bonds is 9. The molecule has 0 aliphatic heterocycles. The van der Waals surface area contributed by atoms with Gasteiger partial charge >= 0.3 is 5.97 Å². The summed E-state index contributed by atoms with van der Waals surface area (Å²) >= 11 is 0. The summed E-state index contributed by atoms with van der Waals surface area (Å²) < 4.78 is 10.2. The second-order valence-electron chi connectivity index (χ2n) is 6.58. The average Bonchev–Trinajstić information content (AvgIpc) is 2.76. The number of carbonyl (C=O) groups excluding carboxylic acids is 4. The number of hydrogen-bond acceptors (Lipinski definition) is 6. The minimum absolute atomic E-state index is 0.0194. The van der Waals surface area contributed by atoms with E-state index in [2.05, 4.69) is 5.32 Å². The molecular formula is C22H24N2O6. The first-order valence-electron chi connectivity index (χ1n) is 9.33. The van der Waals surface area contributed by atoms with Crippen LogP contribution in [-0.2, 0) is 14.3 Å². The zero-order valence-corrected chi connectivity index (χ0v) is 17.1. The first kappa shape index (κ1) is 22.6. The highest BCUT2D eigenvalue weighted by molar-refractivity contribution is 5.96. The Morgan fingerprint density at radius 1 is 0.867 bits per heavy atom. The topological polar surface area (TPSA) is 102 Å². The molecule has 1 N–H and O–H groups in total. The second kappa shape index (κ2) is 10.8. The summed E-state index contributed by atoms with van der Waals surface area (Å²) in [4.78, 5) is 48.5. The van der Waals surface area contributed by atoms with Gasteiger partial charge in [-0.2, -0.15) is 0 Å². The highest BCUT2D eigenvalue weighted by atomic mass is 16.6. The van der Waals surface area contributed by atoms with Gasteiger partial charge in [0.05, 0.1) is 0 Å². The molecule has 8 nitrogen and oxygen atoms in total. The van der Waals surface area contributed by atoms with Crippen LogP contribution in [-0.4, -0.2) is 55.8 Å². The van der Waals surface area contributed by atoms with Crippen LogP contribution in [0.5, 0.6) is 5.75 Å². The second-order valence-corrected chi connectivity index (χ2v) is 6.58. The van der Waals surface area contributed by atoms with Crippen LogP contribution in [0.1, 0.15) is 34.1 Å². The number of benzene rings is 2. The molecule has 2 aromatic rings. The van der Waals surface area contributed by atoms with Gasteiger partial charge in [0, 0.05) is 37.3 Å². The summed E-state index contributed by atoms with van der Waals surface area (Å²) in [5, 5.41) is 2.57. The molecule has 0 atom stereocenters. The third kappa shape index (κ3) is 6.73. The molecule has 2 amide bonds. The Hall–Kier alpha value is -3.68. The molecule has 0 heterocycles. The first-order valence-corrected chi connectivity index (χ1v) is 9.33. The van der Waals surface area contributed by atoms with Gasteiger partial charge in [-0.1, -0.05) is 6.92 Å². The van der Waals surface area contributed by atoms with Crippen molar-refractivity contribution in [3.63, 3.8) is 0 Å². The van der Waals surface area contributed by atoms with Gasteiger partial charge in [0.15, 0.2) is 19.0 Å². The van der Waals surface area contributed by atoms with Crippen LogP contribution in [0.3, 0.4) is 0 Å². The quantitative estimate of drug-likeness (QED) is 0.502. The van der Waals surface area contributed by atoms with Crippen LogP contribution >= 0.6 is 0 Å². The van der Waals surface area contributed by atoms with Crippen LogP contribution in [0.4, 0.5) is 5.69 Å². The van der Waals surface area contributed by atoms with Crippen molar-refractivity contribution in [2.75, 3.05) is 32.6 Å². The van der Waals surface area contributed by atoms with Crippen molar-refractivity contribution >= 4 is 29.3 Å². The molecule has 0 aliphatic rings. The number of Topliss-reactive ketones (excluding diaryl/α,β-unsaturated/α-hetero) is 1. The van der Waals surface area contributed by atoms with E-state index < -0.39 is 18.5 Å². The van der Waals surface area contributed by atoms with E-state index in [0.717, 1.165) is 0 Å². The highest BCUT2D eigenvalue weighted by Crippen LogP contribution is 2.14. The smallest absolute Gasteiger partial charge is 0.344 e. The fourth-order valence-electron chi connectivity index (χ4n) is 2.42. The van der Waals surface area contributed by atoms with Gasteiger partial charge in [0.2, 0.25) is 0 Å². The van der Waals surface area contributed by atoms with E-state index in [-0.39, 0.29) is 18.3 Å². The van der Waals surface area contributed by atoms with E-state index in [9.17, 15) is 19.2 Å². The number of nitrogens with one attached hydrogen (secondary N) is 1. The third-order valence-electron chi connectivity index (χ3n) is 4.04. The van der Waals surface area contributed by atoms with E-state index in [1.165, 1.54) is 4.90 Å². The Kier molecular flexibility index (Phi) is 8.10. The van der Waals surface area contributed by atoms with Crippen LogP contribution < -0.4 is 10.1 Å². The molecule has 8 heteroatoms. The summed E-state index contributed by atoms with van der Waals surface area (Å²) in [6, 6.07) is 12.8. The van der Waals surface area contributed by atoms with Crippen molar-refractivity contribution in [2.45, 2.75) is 13.3 Å². The van der Waals surface area contributed by atoms with Crippen molar-refractivity contribution < 1.29 is 28.7 Å². The molecule has 0 fully saturated rings. The number of ether oxygens (including phenoxy) is 2. The van der Waals surface area contributed by atoms with Gasteiger partial charge in [0.1, 0.15) is 5.75 Å². The van der Waals surface area contributed by atoms with Crippen LogP contribution in [0.15, 0.2) is 48.5 Å². The maximum atomic E-state index is 11.9. The Labute approximate surface area is 174 Å². The van der Waals surface area contributed by atoms with Crippen LogP contribution in [0.25, 0.3) is 0 Å². The van der Waals surface area contributed by atoms with Gasteiger partial charge in [-0.05, 0) is 48.5 Å². The lowest BCUT2D eigenvalue weighted by Gasteiger charge is -2.11. The summed E-state index contributed by atoms with van der Waals surface area (Å²) in [6.45, 7) is 0.945. The summed E-state index contributed by atoms with van der Waals surface area (Å²) in [5.74, 6) is -0.931. The number of carbonyl (C=O) groups is 4. The molecule has 158 valence electrons. The number of anilines is 1. The van der Waals surface area contributed by atoms with Crippen molar-refractivity contribution in [3.05, 3.63) is 59.7 Å². The lowest BCUT2D eigenvalue weighted by Crippen LogP contribution is -2.24. The molecule has 2 aromatic carbocycles. The molecule has 0 saturated carbocycles. The molecule has 0 aliphatic carbocycles. The predicted molar refractivity (Wildman–Crippen MR) is 111 cm³/mol. The van der Waals surface area contributed by atoms with Crippen molar-refractivity contribution in [1.82, 2.24) is 4.90 Å². The molecule has 0 unspecified atom stereocenters. The number of nitrogens with zero attached hydrogens (tertiary/aromatic N) is 1. The standard InChI is InChI=1S/C22H24N2O6/c1-4-19(25)15-7-11-18(12-8-15)29-14-21(27)30-13-20(26)23-17-9-5-16(6-10-17)22(28)24(2)3/h5-12H,4,13-14H2,1-3H3,(H,23,26). The number of ketones is 1. The van der Waals surface area contributed by atoms with Crippen molar-refractivity contribution in [2.24, 2.45) is 0 Å². The monoisotopic (exact) mass is 412 g/mol. The van der Waals surface area contributed by atoms with Crippen molar-refractivity contribution in [3.8, 4) is 5.75 Å². The maximum Gasteiger partial charge on any atom is 0.344 e. The molecule has 0 saturated heterocycles. The fourth-order valence-corrected chi connectivity index (χ4v) is 2.42. The molecule has 0 radical (unpaired) electrons. The fraction of sp³-hybridized carbons (Fsp3) is 0.273. The molecule has 30 heavy (non-hydrogen) atoms. The normalized spacial score (nSPS) is 10.1. The summed E-state index contributed by atoms with van der Waals surface area (Å²) in [7, 11) is 3.30. The Bertz CT molecular complexity index is 904. The highest BCUT2D eigenvalue weighted by Gasteiger charge is 2.11. The van der Waals surface area contributed by atoms with E-state index in [4.69, 9.17) is 9.47 Å². The molecule has 0 spiro atoms. The largest absolute Gasteiger partial charge is 0.482 e. The zero-order valence-electron chi connectivity index (χ0n) is 17.1.